The summed E-state index contributed by atoms with van der Waals surface area (Å²) >= 11 is 0. The fourth-order valence-corrected chi connectivity index (χ4v) is 3.92. The van der Waals surface area contributed by atoms with Crippen molar-refractivity contribution in [2.24, 2.45) is 5.92 Å². The molecule has 2 saturated heterocycles. The van der Waals surface area contributed by atoms with Crippen LogP contribution in [0.5, 0.6) is 0 Å². The van der Waals surface area contributed by atoms with Crippen molar-refractivity contribution in [2.45, 2.75) is 44.6 Å². The van der Waals surface area contributed by atoms with Crippen molar-refractivity contribution in [1.29, 1.82) is 0 Å². The minimum Gasteiger partial charge on any atom is -0.376 e. The van der Waals surface area contributed by atoms with Crippen LogP contribution in [0.2, 0.25) is 0 Å². The van der Waals surface area contributed by atoms with Crippen LogP contribution < -0.4 is 0 Å². The van der Waals surface area contributed by atoms with Gasteiger partial charge in [-0.25, -0.2) is 0 Å². The summed E-state index contributed by atoms with van der Waals surface area (Å²) in [6, 6.07) is 9.84. The molecule has 0 aliphatic carbocycles. The normalized spacial score (nSPS) is 21.4. The Kier molecular flexibility index (Phi) is 6.67. The van der Waals surface area contributed by atoms with E-state index in [1.54, 1.807) is 0 Å². The highest BCUT2D eigenvalue weighted by Gasteiger charge is 2.30. The van der Waals surface area contributed by atoms with Gasteiger partial charge in [0.2, 0.25) is 11.8 Å². The Balaban J connectivity index is 1.43. The van der Waals surface area contributed by atoms with Gasteiger partial charge in [0.25, 0.3) is 0 Å². The van der Waals surface area contributed by atoms with Crippen LogP contribution in [0, 0.1) is 5.92 Å². The van der Waals surface area contributed by atoms with Gasteiger partial charge in [0.15, 0.2) is 0 Å². The quantitative estimate of drug-likeness (QED) is 0.813. The molecular weight excluding hydrogens is 328 g/mol. The summed E-state index contributed by atoms with van der Waals surface area (Å²) in [5.41, 5.74) is 1.04. The largest absolute Gasteiger partial charge is 0.376 e. The van der Waals surface area contributed by atoms with E-state index < -0.39 is 0 Å². The van der Waals surface area contributed by atoms with Gasteiger partial charge in [0, 0.05) is 39.2 Å². The van der Waals surface area contributed by atoms with Gasteiger partial charge in [-0.1, -0.05) is 30.3 Å². The molecule has 0 saturated carbocycles. The first-order valence-electron chi connectivity index (χ1n) is 9.82. The van der Waals surface area contributed by atoms with Gasteiger partial charge >= 0.3 is 0 Å². The number of piperidine rings is 1. The van der Waals surface area contributed by atoms with Gasteiger partial charge in [-0.05, 0) is 37.7 Å². The number of ether oxygens (including phenoxy) is 1. The van der Waals surface area contributed by atoms with Crippen molar-refractivity contribution in [3.05, 3.63) is 35.9 Å². The van der Waals surface area contributed by atoms with Crippen LogP contribution in [0.3, 0.4) is 0 Å². The second-order valence-electron chi connectivity index (χ2n) is 7.52. The monoisotopic (exact) mass is 358 g/mol. The highest BCUT2D eigenvalue weighted by Crippen LogP contribution is 2.21. The molecule has 0 bridgehead atoms. The van der Waals surface area contributed by atoms with Crippen molar-refractivity contribution in [3.63, 3.8) is 0 Å². The van der Waals surface area contributed by atoms with Crippen molar-refractivity contribution < 1.29 is 14.3 Å². The molecule has 0 radical (unpaired) electrons. The molecule has 1 aromatic carbocycles. The highest BCUT2D eigenvalue weighted by molar-refractivity contribution is 5.81. The van der Waals surface area contributed by atoms with Gasteiger partial charge in [0.1, 0.15) is 0 Å². The maximum Gasteiger partial charge on any atom is 0.226 e. The smallest absolute Gasteiger partial charge is 0.226 e. The molecule has 3 rings (SSSR count). The number of hydrogen-bond acceptors (Lipinski definition) is 3. The molecule has 5 heteroatoms. The lowest BCUT2D eigenvalue weighted by molar-refractivity contribution is -0.141. The highest BCUT2D eigenvalue weighted by atomic mass is 16.5. The van der Waals surface area contributed by atoms with Crippen molar-refractivity contribution in [2.75, 3.05) is 33.3 Å². The van der Waals surface area contributed by atoms with E-state index in [9.17, 15) is 9.59 Å². The Morgan fingerprint density at radius 3 is 2.50 bits per heavy atom. The predicted octanol–water partition coefficient (Wildman–Crippen LogP) is 2.50. The number of carbonyl (C=O) groups is 2. The molecule has 2 fully saturated rings. The number of nitrogens with zero attached hydrogens (tertiary/aromatic N) is 2. The van der Waals surface area contributed by atoms with Gasteiger partial charge in [-0.15, -0.1) is 0 Å². The summed E-state index contributed by atoms with van der Waals surface area (Å²) in [4.78, 5) is 28.9. The topological polar surface area (TPSA) is 49.9 Å². The molecule has 1 aromatic rings. The van der Waals surface area contributed by atoms with Crippen molar-refractivity contribution >= 4 is 11.8 Å². The first kappa shape index (κ1) is 18.9. The standard InChI is InChI=1S/C21H30N2O3/c1-22(16-19-9-5-6-14-26-19)21(25)18-10-12-23(13-11-18)20(24)15-17-7-3-2-4-8-17/h2-4,7-8,18-19H,5-6,9-16H2,1H3/t19-/m1/s1. The van der Waals surface area contributed by atoms with Crippen LogP contribution in [0.1, 0.15) is 37.7 Å². The van der Waals surface area contributed by atoms with E-state index in [1.165, 1.54) is 6.42 Å². The molecule has 2 aliphatic rings. The third-order valence-corrected chi connectivity index (χ3v) is 5.52. The Hall–Kier alpha value is -1.88. The second kappa shape index (κ2) is 9.17. The van der Waals surface area contributed by atoms with Gasteiger partial charge in [-0.2, -0.15) is 0 Å². The van der Waals surface area contributed by atoms with Crippen LogP contribution in [0.4, 0.5) is 0 Å². The minimum atomic E-state index is 0.0318. The summed E-state index contributed by atoms with van der Waals surface area (Å²) in [6.07, 6.45) is 5.51. The third-order valence-electron chi connectivity index (χ3n) is 5.52. The average Bonchev–Trinajstić information content (AvgIpc) is 2.69. The predicted molar refractivity (Wildman–Crippen MR) is 101 cm³/mol. The van der Waals surface area contributed by atoms with Crippen LogP contribution in [-0.4, -0.2) is 61.0 Å². The number of likely N-dealkylation sites (tertiary alicyclic amines) is 1. The molecule has 0 N–H and O–H groups in total. The minimum absolute atomic E-state index is 0.0318. The lowest BCUT2D eigenvalue weighted by atomic mass is 9.94. The molecule has 2 aliphatic heterocycles. The zero-order valence-corrected chi connectivity index (χ0v) is 15.7. The van der Waals surface area contributed by atoms with Crippen LogP contribution in [0.25, 0.3) is 0 Å². The van der Waals surface area contributed by atoms with E-state index >= 15 is 0 Å². The second-order valence-corrected chi connectivity index (χ2v) is 7.52. The van der Waals surface area contributed by atoms with Crippen LogP contribution >= 0.6 is 0 Å². The van der Waals surface area contributed by atoms with E-state index in [1.807, 2.05) is 47.2 Å². The maximum absolute atomic E-state index is 12.7. The fraction of sp³-hybridized carbons (Fsp3) is 0.619. The van der Waals surface area contributed by atoms with Gasteiger partial charge in [0.05, 0.1) is 12.5 Å². The molecule has 142 valence electrons. The SMILES string of the molecule is CN(C[C@H]1CCCCO1)C(=O)C1CCN(C(=O)Cc2ccccc2)CC1. The number of likely N-dealkylation sites (N-methyl/N-ethyl adjacent to an activating group) is 1. The number of rotatable bonds is 5. The summed E-state index contributed by atoms with van der Waals surface area (Å²) in [5.74, 6) is 0.393. The average molecular weight is 358 g/mol. The molecular formula is C21H30N2O3. The summed E-state index contributed by atoms with van der Waals surface area (Å²) in [7, 11) is 1.88. The Morgan fingerprint density at radius 2 is 1.85 bits per heavy atom. The summed E-state index contributed by atoms with van der Waals surface area (Å²) in [6.45, 7) is 2.85. The molecule has 0 spiro atoms. The van der Waals surface area contributed by atoms with Crippen LogP contribution in [-0.2, 0) is 20.7 Å². The number of benzene rings is 1. The Bertz CT molecular complexity index is 591. The third kappa shape index (κ3) is 5.07. The van der Waals surface area contributed by atoms with E-state index in [2.05, 4.69) is 0 Å². The Labute approximate surface area is 156 Å². The van der Waals surface area contributed by atoms with Crippen molar-refractivity contribution in [1.82, 2.24) is 9.80 Å². The van der Waals surface area contributed by atoms with Crippen molar-refractivity contribution in [3.8, 4) is 0 Å². The lowest BCUT2D eigenvalue weighted by Crippen LogP contribution is -2.45. The summed E-state index contributed by atoms with van der Waals surface area (Å²) in [5, 5.41) is 0. The van der Waals surface area contributed by atoms with Crippen LogP contribution in [0.15, 0.2) is 30.3 Å². The fourth-order valence-electron chi connectivity index (χ4n) is 3.92. The van der Waals surface area contributed by atoms with Gasteiger partial charge in [-0.3, -0.25) is 9.59 Å². The lowest BCUT2D eigenvalue weighted by Gasteiger charge is -2.34. The first-order valence-corrected chi connectivity index (χ1v) is 9.82. The summed E-state index contributed by atoms with van der Waals surface area (Å²) < 4.78 is 5.74. The van der Waals surface area contributed by atoms with E-state index in [0.29, 0.717) is 26.1 Å². The molecule has 0 unspecified atom stereocenters. The van der Waals surface area contributed by atoms with Gasteiger partial charge < -0.3 is 14.5 Å². The van der Waals surface area contributed by atoms with E-state index in [-0.39, 0.29) is 23.8 Å². The number of amides is 2. The van der Waals surface area contributed by atoms with E-state index in [0.717, 1.165) is 37.9 Å². The number of hydrogen-bond donors (Lipinski definition) is 0. The molecule has 26 heavy (non-hydrogen) atoms. The molecule has 1 atom stereocenters. The molecule has 2 amide bonds. The maximum atomic E-state index is 12.7. The zero-order chi connectivity index (χ0) is 18.4. The molecule has 2 heterocycles. The van der Waals surface area contributed by atoms with E-state index in [4.69, 9.17) is 4.74 Å². The molecule has 0 aromatic heterocycles. The zero-order valence-electron chi connectivity index (χ0n) is 15.7. The Morgan fingerprint density at radius 1 is 1.12 bits per heavy atom. The first-order chi connectivity index (χ1) is 12.6. The molecule has 5 nitrogen and oxygen atoms in total. The number of carbonyl (C=O) groups excluding carboxylic acids is 2.